The lowest BCUT2D eigenvalue weighted by atomic mass is 9.93. The number of hydrogen-bond donors (Lipinski definition) is 1. The fourth-order valence-corrected chi connectivity index (χ4v) is 2.92. The molecule has 0 heterocycles. The third kappa shape index (κ3) is 1.85. The zero-order valence-electron chi connectivity index (χ0n) is 12.5. The van der Waals surface area contributed by atoms with Crippen LogP contribution >= 0.6 is 0 Å². The van der Waals surface area contributed by atoms with Crippen LogP contribution in [0.5, 0.6) is 5.75 Å². The quantitative estimate of drug-likeness (QED) is 0.580. The molecule has 0 aliphatic heterocycles. The number of aryl methyl sites for hydroxylation is 2. The molecule has 3 aromatic rings. The normalized spacial score (nSPS) is 11.7. The van der Waals surface area contributed by atoms with Gasteiger partial charge in [-0.25, -0.2) is 0 Å². The first-order valence-corrected chi connectivity index (χ1v) is 7.14. The molecule has 0 saturated carbocycles. The molecule has 0 fully saturated rings. The Morgan fingerprint density at radius 3 is 2.25 bits per heavy atom. The van der Waals surface area contributed by atoms with Crippen molar-refractivity contribution in [2.45, 2.75) is 33.6 Å². The molecule has 0 unspecified atom stereocenters. The molecule has 0 bridgehead atoms. The van der Waals surface area contributed by atoms with E-state index in [9.17, 15) is 5.11 Å². The molecule has 0 atom stereocenters. The van der Waals surface area contributed by atoms with Gasteiger partial charge < -0.3 is 5.11 Å². The molecule has 0 radical (unpaired) electrons. The first-order chi connectivity index (χ1) is 9.49. The molecule has 1 nitrogen and oxygen atoms in total. The van der Waals surface area contributed by atoms with Crippen molar-refractivity contribution in [1.82, 2.24) is 0 Å². The van der Waals surface area contributed by atoms with Gasteiger partial charge in [-0.05, 0) is 70.1 Å². The van der Waals surface area contributed by atoms with Crippen molar-refractivity contribution in [1.29, 1.82) is 0 Å². The Bertz CT molecular complexity index is 813. The van der Waals surface area contributed by atoms with Crippen LogP contribution in [-0.4, -0.2) is 5.11 Å². The number of rotatable bonds is 1. The van der Waals surface area contributed by atoms with E-state index < -0.39 is 0 Å². The van der Waals surface area contributed by atoms with Gasteiger partial charge in [-0.2, -0.15) is 0 Å². The molecule has 0 amide bonds. The summed E-state index contributed by atoms with van der Waals surface area (Å²) in [5.74, 6) is 0.730. The molecule has 0 spiro atoms. The van der Waals surface area contributed by atoms with E-state index in [-0.39, 0.29) is 0 Å². The van der Waals surface area contributed by atoms with Gasteiger partial charge in [0, 0.05) is 0 Å². The van der Waals surface area contributed by atoms with Gasteiger partial charge in [-0.15, -0.1) is 0 Å². The Kier molecular flexibility index (Phi) is 2.93. The van der Waals surface area contributed by atoms with Crippen LogP contribution in [0.3, 0.4) is 0 Å². The molecular formula is C19H20O. The molecule has 0 saturated heterocycles. The smallest absolute Gasteiger partial charge is 0.119 e. The monoisotopic (exact) mass is 264 g/mol. The second-order valence-electron chi connectivity index (χ2n) is 5.96. The van der Waals surface area contributed by atoms with Gasteiger partial charge in [-0.3, -0.25) is 0 Å². The summed E-state index contributed by atoms with van der Waals surface area (Å²) in [5.41, 5.74) is 3.64. The van der Waals surface area contributed by atoms with E-state index in [0.29, 0.717) is 11.7 Å². The Balaban J connectivity index is 2.43. The van der Waals surface area contributed by atoms with Gasteiger partial charge in [0.1, 0.15) is 5.75 Å². The van der Waals surface area contributed by atoms with Gasteiger partial charge in [0.2, 0.25) is 0 Å². The topological polar surface area (TPSA) is 20.2 Å². The predicted molar refractivity (Wildman–Crippen MR) is 86.7 cm³/mol. The molecule has 1 heteroatoms. The number of phenolic OH excluding ortho intramolecular Hbond substituents is 1. The molecule has 3 aromatic carbocycles. The summed E-state index contributed by atoms with van der Waals surface area (Å²) in [7, 11) is 0. The maximum Gasteiger partial charge on any atom is 0.119 e. The third-order valence-electron chi connectivity index (χ3n) is 4.33. The highest BCUT2D eigenvalue weighted by Crippen LogP contribution is 2.35. The lowest BCUT2D eigenvalue weighted by Crippen LogP contribution is -1.90. The summed E-state index contributed by atoms with van der Waals surface area (Å²) >= 11 is 0. The van der Waals surface area contributed by atoms with E-state index >= 15 is 0 Å². The first-order valence-electron chi connectivity index (χ1n) is 7.14. The van der Waals surface area contributed by atoms with E-state index in [4.69, 9.17) is 0 Å². The van der Waals surface area contributed by atoms with E-state index in [1.807, 2.05) is 6.07 Å². The van der Waals surface area contributed by atoms with Crippen molar-refractivity contribution in [3.63, 3.8) is 0 Å². The summed E-state index contributed by atoms with van der Waals surface area (Å²) in [6, 6.07) is 12.7. The summed E-state index contributed by atoms with van der Waals surface area (Å²) in [4.78, 5) is 0. The van der Waals surface area contributed by atoms with Crippen LogP contribution in [0.4, 0.5) is 0 Å². The van der Waals surface area contributed by atoms with Crippen molar-refractivity contribution in [3.8, 4) is 5.75 Å². The Morgan fingerprint density at radius 2 is 1.55 bits per heavy atom. The van der Waals surface area contributed by atoms with Gasteiger partial charge >= 0.3 is 0 Å². The van der Waals surface area contributed by atoms with E-state index in [1.165, 1.54) is 27.3 Å². The summed E-state index contributed by atoms with van der Waals surface area (Å²) < 4.78 is 0. The van der Waals surface area contributed by atoms with Crippen LogP contribution in [0.1, 0.15) is 36.5 Å². The summed E-state index contributed by atoms with van der Waals surface area (Å²) in [6.07, 6.45) is 0. The van der Waals surface area contributed by atoms with E-state index in [1.54, 1.807) is 0 Å². The standard InChI is InChI=1S/C19H20O/c1-11(2)17-9-14-6-8-15-13(4)12(3)5-7-16(15)18(14)10-19(17)20/h5-11,20H,1-4H3. The number of hydrogen-bond acceptors (Lipinski definition) is 1. The number of fused-ring (bicyclic) bond motifs is 3. The Hall–Kier alpha value is -2.02. The molecular weight excluding hydrogens is 244 g/mol. The fraction of sp³-hybridized carbons (Fsp3) is 0.263. The lowest BCUT2D eigenvalue weighted by Gasteiger charge is -2.13. The Labute approximate surface area is 119 Å². The number of aromatic hydroxyl groups is 1. The highest BCUT2D eigenvalue weighted by atomic mass is 16.3. The van der Waals surface area contributed by atoms with Crippen molar-refractivity contribution in [2.75, 3.05) is 0 Å². The molecule has 0 aliphatic rings. The van der Waals surface area contributed by atoms with Crippen LogP contribution in [0, 0.1) is 13.8 Å². The summed E-state index contributed by atoms with van der Waals surface area (Å²) in [5, 5.41) is 15.1. The zero-order chi connectivity index (χ0) is 14.4. The van der Waals surface area contributed by atoms with Crippen LogP contribution in [0.25, 0.3) is 21.5 Å². The average molecular weight is 264 g/mol. The number of phenols is 1. The minimum absolute atomic E-state index is 0.329. The Morgan fingerprint density at radius 1 is 0.850 bits per heavy atom. The van der Waals surface area contributed by atoms with Crippen LogP contribution < -0.4 is 0 Å². The third-order valence-corrected chi connectivity index (χ3v) is 4.33. The van der Waals surface area contributed by atoms with Crippen molar-refractivity contribution in [2.24, 2.45) is 0 Å². The van der Waals surface area contributed by atoms with Crippen LogP contribution in [0.15, 0.2) is 36.4 Å². The van der Waals surface area contributed by atoms with Gasteiger partial charge in [-0.1, -0.05) is 38.1 Å². The molecule has 0 aromatic heterocycles. The molecule has 0 aliphatic carbocycles. The van der Waals surface area contributed by atoms with Gasteiger partial charge in [0.15, 0.2) is 0 Å². The maximum atomic E-state index is 10.3. The second kappa shape index (κ2) is 4.52. The van der Waals surface area contributed by atoms with Gasteiger partial charge in [0.25, 0.3) is 0 Å². The van der Waals surface area contributed by atoms with Crippen LogP contribution in [-0.2, 0) is 0 Å². The zero-order valence-corrected chi connectivity index (χ0v) is 12.5. The average Bonchev–Trinajstić information content (AvgIpc) is 2.41. The van der Waals surface area contributed by atoms with Gasteiger partial charge in [0.05, 0.1) is 0 Å². The fourth-order valence-electron chi connectivity index (χ4n) is 2.92. The predicted octanol–water partition coefficient (Wildman–Crippen LogP) is 5.44. The van der Waals surface area contributed by atoms with Crippen molar-refractivity contribution in [3.05, 3.63) is 53.1 Å². The maximum absolute atomic E-state index is 10.3. The largest absolute Gasteiger partial charge is 0.508 e. The molecule has 3 rings (SSSR count). The highest BCUT2D eigenvalue weighted by molar-refractivity contribution is 6.09. The van der Waals surface area contributed by atoms with E-state index in [0.717, 1.165) is 10.9 Å². The molecule has 20 heavy (non-hydrogen) atoms. The molecule has 102 valence electrons. The first kappa shape index (κ1) is 13.0. The van der Waals surface area contributed by atoms with Crippen LogP contribution in [0.2, 0.25) is 0 Å². The van der Waals surface area contributed by atoms with Crippen molar-refractivity contribution >= 4 is 21.5 Å². The van der Waals surface area contributed by atoms with E-state index in [2.05, 4.69) is 58.0 Å². The second-order valence-corrected chi connectivity index (χ2v) is 5.96. The minimum Gasteiger partial charge on any atom is -0.508 e. The SMILES string of the molecule is Cc1ccc2c(ccc3cc(C(C)C)c(O)cc32)c1C. The molecule has 1 N–H and O–H groups in total. The highest BCUT2D eigenvalue weighted by Gasteiger charge is 2.10. The van der Waals surface area contributed by atoms with Crippen molar-refractivity contribution < 1.29 is 5.11 Å². The lowest BCUT2D eigenvalue weighted by molar-refractivity contribution is 0.466. The minimum atomic E-state index is 0.329. The summed E-state index contributed by atoms with van der Waals surface area (Å²) in [6.45, 7) is 8.51. The number of benzene rings is 3.